The number of hydrogen-bond acceptors (Lipinski definition) is 5. The molecule has 1 amide bonds. The highest BCUT2D eigenvalue weighted by atomic mass is 16.5. The highest BCUT2D eigenvalue weighted by Crippen LogP contribution is 2.36. The van der Waals surface area contributed by atoms with E-state index in [0.29, 0.717) is 6.42 Å². The predicted octanol–water partition coefficient (Wildman–Crippen LogP) is 1.71. The lowest BCUT2D eigenvalue weighted by molar-refractivity contribution is -0.116. The van der Waals surface area contributed by atoms with E-state index in [1.807, 2.05) is 6.20 Å². The van der Waals surface area contributed by atoms with Crippen molar-refractivity contribution in [2.75, 3.05) is 19.5 Å². The van der Waals surface area contributed by atoms with Crippen LogP contribution in [0.2, 0.25) is 0 Å². The standard InChI is InChI=1S/C16H19N3O5/c1-19-9-10(8-17-19)4-5-14(20)18-12-6-11(16(21)22)7-13(23-2)15(12)24-3/h6-9H,4-5H2,1-3H3,(H,18,20)(H,21,22). The number of carboxylic acids is 1. The minimum Gasteiger partial charge on any atom is -0.493 e. The Morgan fingerprint density at radius 3 is 2.58 bits per heavy atom. The van der Waals surface area contributed by atoms with Gasteiger partial charge >= 0.3 is 5.97 Å². The number of benzene rings is 1. The molecule has 1 heterocycles. The SMILES string of the molecule is COc1cc(C(=O)O)cc(NC(=O)CCc2cnn(C)c2)c1OC. The number of ether oxygens (including phenoxy) is 2. The van der Waals surface area contributed by atoms with Crippen LogP contribution in [0.5, 0.6) is 11.5 Å². The fourth-order valence-electron chi connectivity index (χ4n) is 2.25. The molecule has 0 unspecified atom stereocenters. The Morgan fingerprint density at radius 1 is 1.29 bits per heavy atom. The molecule has 8 nitrogen and oxygen atoms in total. The van der Waals surface area contributed by atoms with Crippen LogP contribution in [-0.4, -0.2) is 41.0 Å². The molecule has 2 rings (SSSR count). The van der Waals surface area contributed by atoms with Crippen molar-refractivity contribution in [2.45, 2.75) is 12.8 Å². The number of amides is 1. The van der Waals surface area contributed by atoms with Crippen molar-refractivity contribution in [1.29, 1.82) is 0 Å². The molecule has 0 aliphatic rings. The normalized spacial score (nSPS) is 10.3. The fraction of sp³-hybridized carbons (Fsp3) is 0.312. The molecule has 0 spiro atoms. The van der Waals surface area contributed by atoms with Gasteiger partial charge in [-0.05, 0) is 24.1 Å². The molecule has 24 heavy (non-hydrogen) atoms. The third kappa shape index (κ3) is 4.03. The number of aromatic carboxylic acids is 1. The van der Waals surface area contributed by atoms with E-state index in [-0.39, 0.29) is 35.1 Å². The van der Waals surface area contributed by atoms with Gasteiger partial charge in [-0.2, -0.15) is 5.10 Å². The van der Waals surface area contributed by atoms with Crippen molar-refractivity contribution >= 4 is 17.6 Å². The van der Waals surface area contributed by atoms with Crippen molar-refractivity contribution in [3.8, 4) is 11.5 Å². The maximum absolute atomic E-state index is 12.2. The van der Waals surface area contributed by atoms with Gasteiger partial charge in [0, 0.05) is 19.7 Å². The van der Waals surface area contributed by atoms with Crippen LogP contribution in [0.4, 0.5) is 5.69 Å². The van der Waals surface area contributed by atoms with E-state index in [0.717, 1.165) is 5.56 Å². The Balaban J connectivity index is 2.15. The summed E-state index contributed by atoms with van der Waals surface area (Å²) in [5, 5.41) is 15.9. The van der Waals surface area contributed by atoms with E-state index in [4.69, 9.17) is 14.6 Å². The van der Waals surface area contributed by atoms with Crippen LogP contribution in [0.1, 0.15) is 22.3 Å². The predicted molar refractivity (Wildman–Crippen MR) is 86.7 cm³/mol. The summed E-state index contributed by atoms with van der Waals surface area (Å²) >= 11 is 0. The quantitative estimate of drug-likeness (QED) is 0.799. The van der Waals surface area contributed by atoms with Crippen LogP contribution in [0.15, 0.2) is 24.5 Å². The first-order valence-electron chi connectivity index (χ1n) is 7.21. The van der Waals surface area contributed by atoms with E-state index in [2.05, 4.69) is 10.4 Å². The first kappa shape index (κ1) is 17.3. The molecule has 0 atom stereocenters. The fourth-order valence-corrected chi connectivity index (χ4v) is 2.25. The topological polar surface area (TPSA) is 103 Å². The van der Waals surface area contributed by atoms with E-state index in [1.165, 1.54) is 26.4 Å². The maximum Gasteiger partial charge on any atom is 0.335 e. The van der Waals surface area contributed by atoms with Crippen LogP contribution >= 0.6 is 0 Å². The van der Waals surface area contributed by atoms with Crippen LogP contribution in [0.3, 0.4) is 0 Å². The monoisotopic (exact) mass is 333 g/mol. The second-order valence-corrected chi connectivity index (χ2v) is 5.13. The molecule has 0 saturated heterocycles. The number of rotatable bonds is 7. The number of aromatic nitrogens is 2. The molecule has 2 aromatic rings. The van der Waals surface area contributed by atoms with Crippen molar-refractivity contribution in [2.24, 2.45) is 7.05 Å². The van der Waals surface area contributed by atoms with Crippen LogP contribution in [0.25, 0.3) is 0 Å². The Bertz CT molecular complexity index is 754. The van der Waals surface area contributed by atoms with Crippen molar-refractivity contribution in [3.63, 3.8) is 0 Å². The molecular weight excluding hydrogens is 314 g/mol. The molecule has 0 aliphatic heterocycles. The molecule has 0 bridgehead atoms. The number of carbonyl (C=O) groups is 2. The molecule has 1 aromatic carbocycles. The van der Waals surface area contributed by atoms with Gasteiger partial charge in [-0.1, -0.05) is 0 Å². The highest BCUT2D eigenvalue weighted by molar-refractivity contribution is 5.96. The molecule has 0 radical (unpaired) electrons. The van der Waals surface area contributed by atoms with Gasteiger partial charge in [-0.25, -0.2) is 4.79 Å². The second-order valence-electron chi connectivity index (χ2n) is 5.13. The molecule has 1 aromatic heterocycles. The zero-order valence-electron chi connectivity index (χ0n) is 13.7. The molecule has 0 saturated carbocycles. The maximum atomic E-state index is 12.2. The number of hydrogen-bond donors (Lipinski definition) is 2. The largest absolute Gasteiger partial charge is 0.493 e. The highest BCUT2D eigenvalue weighted by Gasteiger charge is 2.17. The second kappa shape index (κ2) is 7.49. The summed E-state index contributed by atoms with van der Waals surface area (Å²) in [5.41, 5.74) is 1.19. The minimum absolute atomic E-state index is 0.00444. The molecular formula is C16H19N3O5. The summed E-state index contributed by atoms with van der Waals surface area (Å²) in [6, 6.07) is 2.68. The first-order chi connectivity index (χ1) is 11.4. The lowest BCUT2D eigenvalue weighted by Crippen LogP contribution is -2.14. The summed E-state index contributed by atoms with van der Waals surface area (Å²) < 4.78 is 12.0. The zero-order chi connectivity index (χ0) is 17.7. The van der Waals surface area contributed by atoms with Gasteiger partial charge < -0.3 is 19.9 Å². The summed E-state index contributed by atoms with van der Waals surface area (Å²) in [7, 11) is 4.62. The molecule has 2 N–H and O–H groups in total. The lowest BCUT2D eigenvalue weighted by Gasteiger charge is -2.14. The number of nitrogens with zero attached hydrogens (tertiary/aromatic N) is 2. The first-order valence-corrected chi connectivity index (χ1v) is 7.21. The van der Waals surface area contributed by atoms with Gasteiger partial charge in [0.2, 0.25) is 5.91 Å². The molecule has 8 heteroatoms. The number of aryl methyl sites for hydroxylation is 2. The average molecular weight is 333 g/mol. The van der Waals surface area contributed by atoms with Gasteiger partial charge in [0.25, 0.3) is 0 Å². The Labute approximate surface area is 139 Å². The van der Waals surface area contributed by atoms with E-state index in [9.17, 15) is 9.59 Å². The number of anilines is 1. The zero-order valence-corrected chi connectivity index (χ0v) is 13.7. The van der Waals surface area contributed by atoms with Gasteiger partial charge in [0.05, 0.1) is 31.7 Å². The third-order valence-electron chi connectivity index (χ3n) is 3.40. The van der Waals surface area contributed by atoms with Crippen LogP contribution in [-0.2, 0) is 18.3 Å². The smallest absolute Gasteiger partial charge is 0.335 e. The minimum atomic E-state index is -1.12. The van der Waals surface area contributed by atoms with Crippen molar-refractivity contribution < 1.29 is 24.2 Å². The van der Waals surface area contributed by atoms with Crippen molar-refractivity contribution in [1.82, 2.24) is 9.78 Å². The van der Waals surface area contributed by atoms with E-state index < -0.39 is 5.97 Å². The van der Waals surface area contributed by atoms with Gasteiger partial charge in [-0.3, -0.25) is 9.48 Å². The number of carboxylic acid groups (broad SMARTS) is 1. The van der Waals surface area contributed by atoms with Gasteiger partial charge in [-0.15, -0.1) is 0 Å². The average Bonchev–Trinajstić information content (AvgIpc) is 2.97. The number of carbonyl (C=O) groups excluding carboxylic acids is 1. The lowest BCUT2D eigenvalue weighted by atomic mass is 10.1. The summed E-state index contributed by atoms with van der Waals surface area (Å²) in [6.07, 6.45) is 4.29. The number of nitrogens with one attached hydrogen (secondary N) is 1. The van der Waals surface area contributed by atoms with Crippen LogP contribution in [0, 0.1) is 0 Å². The molecule has 128 valence electrons. The van der Waals surface area contributed by atoms with Crippen molar-refractivity contribution in [3.05, 3.63) is 35.7 Å². The Kier molecular flexibility index (Phi) is 5.41. The van der Waals surface area contributed by atoms with E-state index in [1.54, 1.807) is 17.9 Å². The number of methoxy groups -OCH3 is 2. The molecule has 0 aliphatic carbocycles. The Morgan fingerprint density at radius 2 is 2.04 bits per heavy atom. The van der Waals surface area contributed by atoms with E-state index >= 15 is 0 Å². The summed E-state index contributed by atoms with van der Waals surface area (Å²) in [4.78, 5) is 23.4. The molecule has 0 fully saturated rings. The Hall–Kier alpha value is -3.03. The van der Waals surface area contributed by atoms with Crippen LogP contribution < -0.4 is 14.8 Å². The summed E-state index contributed by atoms with van der Waals surface area (Å²) in [6.45, 7) is 0. The third-order valence-corrected chi connectivity index (χ3v) is 3.40. The van der Waals surface area contributed by atoms with Gasteiger partial charge in [0.1, 0.15) is 0 Å². The van der Waals surface area contributed by atoms with Gasteiger partial charge in [0.15, 0.2) is 11.5 Å². The summed E-state index contributed by atoms with van der Waals surface area (Å²) in [5.74, 6) is -0.874.